The number of hydrogen-bond donors (Lipinski definition) is 0. The monoisotopic (exact) mass is 142 g/mol. The maximum absolute atomic E-state index is 2.38. The highest BCUT2D eigenvalue weighted by molar-refractivity contribution is 4.59. The fraction of sp³-hybridized carbons (Fsp3) is 1.00. The van der Waals surface area contributed by atoms with Gasteiger partial charge in [0.25, 0.3) is 0 Å². The Labute approximate surface area is 66.0 Å². The highest BCUT2D eigenvalue weighted by Crippen LogP contribution is 2.19. The van der Waals surface area contributed by atoms with Crippen molar-refractivity contribution in [2.75, 3.05) is 0 Å². The Morgan fingerprint density at radius 2 is 1.60 bits per heavy atom. The first-order chi connectivity index (χ1) is 4.72. The predicted molar refractivity (Wildman–Crippen MR) is 48.1 cm³/mol. The first kappa shape index (κ1) is 10.0. The Morgan fingerprint density at radius 3 is 2.00 bits per heavy atom. The SMILES string of the molecule is CCCC[C@@H](C)[C@H](C)CC. The molecule has 62 valence electrons. The molecule has 10 heavy (non-hydrogen) atoms. The predicted octanol–water partition coefficient (Wildman–Crippen LogP) is 3.86. The van der Waals surface area contributed by atoms with Crippen LogP contribution in [0.4, 0.5) is 0 Å². The first-order valence-electron chi connectivity index (χ1n) is 4.72. The third-order valence-corrected chi connectivity index (χ3v) is 2.63. The van der Waals surface area contributed by atoms with Crippen LogP contribution in [0.1, 0.15) is 53.4 Å². The molecule has 0 bridgehead atoms. The van der Waals surface area contributed by atoms with Crippen molar-refractivity contribution in [3.63, 3.8) is 0 Å². The van der Waals surface area contributed by atoms with Crippen LogP contribution in [0, 0.1) is 11.8 Å². The van der Waals surface area contributed by atoms with E-state index in [4.69, 9.17) is 0 Å². The molecule has 0 aromatic carbocycles. The van der Waals surface area contributed by atoms with E-state index < -0.39 is 0 Å². The molecule has 0 saturated heterocycles. The van der Waals surface area contributed by atoms with Crippen LogP contribution < -0.4 is 0 Å². The number of rotatable bonds is 5. The van der Waals surface area contributed by atoms with Crippen molar-refractivity contribution in [1.29, 1.82) is 0 Å². The zero-order chi connectivity index (χ0) is 7.98. The van der Waals surface area contributed by atoms with Crippen LogP contribution in [-0.2, 0) is 0 Å². The van der Waals surface area contributed by atoms with Gasteiger partial charge in [0.15, 0.2) is 0 Å². The molecule has 0 heterocycles. The van der Waals surface area contributed by atoms with Gasteiger partial charge in [0.1, 0.15) is 0 Å². The molecule has 0 amide bonds. The summed E-state index contributed by atoms with van der Waals surface area (Å²) in [5.74, 6) is 1.86. The van der Waals surface area contributed by atoms with E-state index in [1.165, 1.54) is 25.7 Å². The highest BCUT2D eigenvalue weighted by atomic mass is 14.1. The summed E-state index contributed by atoms with van der Waals surface area (Å²) in [7, 11) is 0. The minimum Gasteiger partial charge on any atom is -0.0654 e. The van der Waals surface area contributed by atoms with Crippen molar-refractivity contribution in [1.82, 2.24) is 0 Å². The molecular weight excluding hydrogens is 120 g/mol. The van der Waals surface area contributed by atoms with Gasteiger partial charge in [-0.3, -0.25) is 0 Å². The van der Waals surface area contributed by atoms with Crippen LogP contribution in [0.15, 0.2) is 0 Å². The molecule has 0 radical (unpaired) electrons. The molecule has 0 aromatic heterocycles. The van der Waals surface area contributed by atoms with Crippen molar-refractivity contribution in [2.24, 2.45) is 11.8 Å². The summed E-state index contributed by atoms with van der Waals surface area (Å²) in [6, 6.07) is 0. The lowest BCUT2D eigenvalue weighted by atomic mass is 9.89. The molecule has 0 heteroatoms. The van der Waals surface area contributed by atoms with Gasteiger partial charge < -0.3 is 0 Å². The number of unbranched alkanes of at least 4 members (excludes halogenated alkanes) is 1. The minimum atomic E-state index is 0.923. The summed E-state index contributed by atoms with van der Waals surface area (Å²) < 4.78 is 0. The first-order valence-corrected chi connectivity index (χ1v) is 4.72. The molecule has 0 N–H and O–H groups in total. The van der Waals surface area contributed by atoms with Gasteiger partial charge in [-0.05, 0) is 11.8 Å². The Balaban J connectivity index is 3.31. The normalized spacial score (nSPS) is 16.8. The second-order valence-corrected chi connectivity index (χ2v) is 3.51. The highest BCUT2D eigenvalue weighted by Gasteiger charge is 2.08. The minimum absolute atomic E-state index is 0.923. The summed E-state index contributed by atoms with van der Waals surface area (Å²) in [4.78, 5) is 0. The summed E-state index contributed by atoms with van der Waals surface area (Å²) in [6.07, 6.45) is 5.52. The lowest BCUT2D eigenvalue weighted by molar-refractivity contribution is 0.346. The average Bonchev–Trinajstić information content (AvgIpc) is 1.98. The number of hydrogen-bond acceptors (Lipinski definition) is 0. The molecule has 0 aliphatic rings. The maximum Gasteiger partial charge on any atom is -0.0417 e. The topological polar surface area (TPSA) is 0 Å². The van der Waals surface area contributed by atoms with Crippen LogP contribution in [0.25, 0.3) is 0 Å². The van der Waals surface area contributed by atoms with Gasteiger partial charge in [-0.1, -0.05) is 53.4 Å². The quantitative estimate of drug-likeness (QED) is 0.547. The van der Waals surface area contributed by atoms with E-state index in [1.54, 1.807) is 0 Å². The molecular formula is C10H22. The van der Waals surface area contributed by atoms with Gasteiger partial charge >= 0.3 is 0 Å². The van der Waals surface area contributed by atoms with E-state index in [2.05, 4.69) is 27.7 Å². The molecule has 0 aliphatic heterocycles. The van der Waals surface area contributed by atoms with E-state index in [0.29, 0.717) is 0 Å². The average molecular weight is 142 g/mol. The smallest absolute Gasteiger partial charge is 0.0417 e. The lowest BCUT2D eigenvalue weighted by Crippen LogP contribution is -2.06. The summed E-state index contributed by atoms with van der Waals surface area (Å²) >= 11 is 0. The van der Waals surface area contributed by atoms with Gasteiger partial charge in [0, 0.05) is 0 Å². The van der Waals surface area contributed by atoms with Gasteiger partial charge in [-0.15, -0.1) is 0 Å². The molecule has 2 atom stereocenters. The zero-order valence-corrected chi connectivity index (χ0v) is 7.98. The van der Waals surface area contributed by atoms with E-state index >= 15 is 0 Å². The summed E-state index contributed by atoms with van der Waals surface area (Å²) in [5, 5.41) is 0. The van der Waals surface area contributed by atoms with Gasteiger partial charge in [0.05, 0.1) is 0 Å². The van der Waals surface area contributed by atoms with Gasteiger partial charge in [0.2, 0.25) is 0 Å². The van der Waals surface area contributed by atoms with E-state index in [1.807, 2.05) is 0 Å². The van der Waals surface area contributed by atoms with Crippen molar-refractivity contribution >= 4 is 0 Å². The van der Waals surface area contributed by atoms with E-state index in [0.717, 1.165) is 11.8 Å². The maximum atomic E-state index is 2.38. The van der Waals surface area contributed by atoms with E-state index in [9.17, 15) is 0 Å². The van der Waals surface area contributed by atoms with Crippen molar-refractivity contribution in [3.05, 3.63) is 0 Å². The standard InChI is InChI=1S/C10H22/c1-5-7-8-10(4)9(3)6-2/h9-10H,5-8H2,1-4H3/t9-,10-/m1/s1. The molecule has 0 nitrogen and oxygen atoms in total. The van der Waals surface area contributed by atoms with Crippen LogP contribution in [0.2, 0.25) is 0 Å². The summed E-state index contributed by atoms with van der Waals surface area (Å²) in [5.41, 5.74) is 0. The Kier molecular flexibility index (Phi) is 5.76. The summed E-state index contributed by atoms with van der Waals surface area (Å²) in [6.45, 7) is 9.29. The second kappa shape index (κ2) is 5.76. The van der Waals surface area contributed by atoms with Crippen LogP contribution in [0.3, 0.4) is 0 Å². The van der Waals surface area contributed by atoms with Gasteiger partial charge in [-0.2, -0.15) is 0 Å². The third-order valence-electron chi connectivity index (χ3n) is 2.63. The fourth-order valence-corrected chi connectivity index (χ4v) is 1.21. The van der Waals surface area contributed by atoms with Crippen LogP contribution >= 0.6 is 0 Å². The molecule has 0 saturated carbocycles. The van der Waals surface area contributed by atoms with Crippen LogP contribution in [-0.4, -0.2) is 0 Å². The van der Waals surface area contributed by atoms with Crippen LogP contribution in [0.5, 0.6) is 0 Å². The largest absolute Gasteiger partial charge is 0.0654 e. The molecule has 0 rings (SSSR count). The Bertz CT molecular complexity index is 66.4. The molecule has 0 aliphatic carbocycles. The van der Waals surface area contributed by atoms with E-state index in [-0.39, 0.29) is 0 Å². The molecule has 0 fully saturated rings. The molecule has 0 spiro atoms. The van der Waals surface area contributed by atoms with Gasteiger partial charge in [-0.25, -0.2) is 0 Å². The van der Waals surface area contributed by atoms with Crippen molar-refractivity contribution in [2.45, 2.75) is 53.4 Å². The zero-order valence-electron chi connectivity index (χ0n) is 7.98. The third kappa shape index (κ3) is 3.92. The Hall–Kier alpha value is 0. The second-order valence-electron chi connectivity index (χ2n) is 3.51. The van der Waals surface area contributed by atoms with Crippen molar-refractivity contribution < 1.29 is 0 Å². The van der Waals surface area contributed by atoms with Crippen molar-refractivity contribution in [3.8, 4) is 0 Å². The fourth-order valence-electron chi connectivity index (χ4n) is 1.21. The Morgan fingerprint density at radius 1 is 1.00 bits per heavy atom. The lowest BCUT2D eigenvalue weighted by Gasteiger charge is -2.17. The molecule has 0 aromatic rings. The molecule has 0 unspecified atom stereocenters.